The van der Waals surface area contributed by atoms with Crippen LogP contribution in [0.3, 0.4) is 0 Å². The lowest BCUT2D eigenvalue weighted by atomic mass is 9.77. The standard InChI is InChI=1S/C25H48O2/c1-3-5-17-23(24-20-14-9-7-6-8-10-15-21-24)19-16-12-11-13-18-22(4-2)25(26)27/h22-24H,3-21H2,1-2H3,(H,26,27). The van der Waals surface area contributed by atoms with Crippen molar-refractivity contribution < 1.29 is 9.90 Å². The highest BCUT2D eigenvalue weighted by Crippen LogP contribution is 2.34. The molecule has 1 saturated carbocycles. The second-order valence-electron chi connectivity index (χ2n) is 9.15. The zero-order valence-corrected chi connectivity index (χ0v) is 18.5. The molecule has 2 unspecified atom stereocenters. The van der Waals surface area contributed by atoms with Crippen LogP contribution in [0.1, 0.15) is 136 Å². The number of carboxylic acids is 1. The Kier molecular flexibility index (Phi) is 14.9. The molecular formula is C25H48O2. The molecule has 2 nitrogen and oxygen atoms in total. The summed E-state index contributed by atoms with van der Waals surface area (Å²) in [5.41, 5.74) is 0. The number of hydrogen-bond donors (Lipinski definition) is 1. The van der Waals surface area contributed by atoms with Crippen LogP contribution in [-0.2, 0) is 4.79 Å². The Balaban J connectivity index is 2.33. The van der Waals surface area contributed by atoms with Gasteiger partial charge in [0.25, 0.3) is 0 Å². The Morgan fingerprint density at radius 3 is 1.81 bits per heavy atom. The van der Waals surface area contributed by atoms with Gasteiger partial charge in [-0.25, -0.2) is 0 Å². The van der Waals surface area contributed by atoms with Gasteiger partial charge < -0.3 is 5.11 Å². The third-order valence-electron chi connectivity index (χ3n) is 6.96. The number of aliphatic carboxylic acids is 1. The molecule has 0 aliphatic heterocycles. The molecule has 0 spiro atoms. The summed E-state index contributed by atoms with van der Waals surface area (Å²) in [6, 6.07) is 0. The van der Waals surface area contributed by atoms with Gasteiger partial charge in [-0.2, -0.15) is 0 Å². The molecule has 0 saturated heterocycles. The number of carbonyl (C=O) groups is 1. The Bertz CT molecular complexity index is 342. The largest absolute Gasteiger partial charge is 0.481 e. The van der Waals surface area contributed by atoms with Crippen molar-refractivity contribution in [2.24, 2.45) is 17.8 Å². The molecular weight excluding hydrogens is 332 g/mol. The predicted molar refractivity (Wildman–Crippen MR) is 117 cm³/mol. The summed E-state index contributed by atoms with van der Waals surface area (Å²) in [6.45, 7) is 4.33. The molecule has 2 atom stereocenters. The highest BCUT2D eigenvalue weighted by atomic mass is 16.4. The van der Waals surface area contributed by atoms with Gasteiger partial charge in [-0.3, -0.25) is 4.79 Å². The first kappa shape index (κ1) is 24.5. The summed E-state index contributed by atoms with van der Waals surface area (Å²) in [5.74, 6) is 1.20. The van der Waals surface area contributed by atoms with Gasteiger partial charge in [-0.15, -0.1) is 0 Å². The van der Waals surface area contributed by atoms with Gasteiger partial charge in [0.15, 0.2) is 0 Å². The Morgan fingerprint density at radius 2 is 1.30 bits per heavy atom. The van der Waals surface area contributed by atoms with E-state index in [2.05, 4.69) is 6.92 Å². The number of rotatable bonds is 13. The van der Waals surface area contributed by atoms with Crippen molar-refractivity contribution in [1.82, 2.24) is 0 Å². The maximum absolute atomic E-state index is 11.1. The monoisotopic (exact) mass is 380 g/mol. The zero-order chi connectivity index (χ0) is 19.7. The van der Waals surface area contributed by atoms with Crippen LogP contribution in [0.2, 0.25) is 0 Å². The van der Waals surface area contributed by atoms with Crippen molar-refractivity contribution in [3.05, 3.63) is 0 Å². The quantitative estimate of drug-likeness (QED) is 0.326. The third kappa shape index (κ3) is 11.8. The van der Waals surface area contributed by atoms with Crippen molar-refractivity contribution in [3.63, 3.8) is 0 Å². The van der Waals surface area contributed by atoms with Crippen molar-refractivity contribution in [2.75, 3.05) is 0 Å². The molecule has 0 amide bonds. The molecule has 1 N–H and O–H groups in total. The maximum atomic E-state index is 11.1. The smallest absolute Gasteiger partial charge is 0.306 e. The SMILES string of the molecule is CCCCC(CCCCCCC(CC)C(=O)O)C1CCCCCCCCC1. The van der Waals surface area contributed by atoms with Crippen molar-refractivity contribution >= 4 is 5.97 Å². The fourth-order valence-electron chi connectivity index (χ4n) is 5.05. The summed E-state index contributed by atoms with van der Waals surface area (Å²) in [4.78, 5) is 11.1. The molecule has 0 aromatic rings. The van der Waals surface area contributed by atoms with E-state index in [4.69, 9.17) is 5.11 Å². The van der Waals surface area contributed by atoms with Gasteiger partial charge in [0.1, 0.15) is 0 Å². The van der Waals surface area contributed by atoms with Crippen LogP contribution in [0.25, 0.3) is 0 Å². The number of hydrogen-bond acceptors (Lipinski definition) is 1. The topological polar surface area (TPSA) is 37.3 Å². The van der Waals surface area contributed by atoms with E-state index < -0.39 is 5.97 Å². The van der Waals surface area contributed by atoms with Crippen molar-refractivity contribution in [2.45, 2.75) is 136 Å². The number of unbranched alkanes of at least 4 members (excludes halogenated alkanes) is 4. The predicted octanol–water partition coefficient (Wildman–Crippen LogP) is 8.38. The fourth-order valence-corrected chi connectivity index (χ4v) is 5.05. The number of carboxylic acid groups (broad SMARTS) is 1. The lowest BCUT2D eigenvalue weighted by Crippen LogP contribution is -2.16. The average molecular weight is 381 g/mol. The highest BCUT2D eigenvalue weighted by Gasteiger charge is 2.21. The molecule has 1 aliphatic rings. The van der Waals surface area contributed by atoms with Crippen molar-refractivity contribution in [3.8, 4) is 0 Å². The molecule has 1 rings (SSSR count). The third-order valence-corrected chi connectivity index (χ3v) is 6.96. The minimum atomic E-state index is -0.604. The van der Waals surface area contributed by atoms with Crippen LogP contribution in [0.4, 0.5) is 0 Å². The Hall–Kier alpha value is -0.530. The summed E-state index contributed by atoms with van der Waals surface area (Å²) in [5, 5.41) is 9.16. The minimum absolute atomic E-state index is 0.120. The van der Waals surface area contributed by atoms with Gasteiger partial charge >= 0.3 is 5.97 Å². The van der Waals surface area contributed by atoms with Gasteiger partial charge in [0, 0.05) is 0 Å². The maximum Gasteiger partial charge on any atom is 0.306 e. The van der Waals surface area contributed by atoms with E-state index in [1.165, 1.54) is 103 Å². The Labute approximate surface area is 169 Å². The molecule has 1 aliphatic carbocycles. The highest BCUT2D eigenvalue weighted by molar-refractivity contribution is 5.69. The van der Waals surface area contributed by atoms with Crippen LogP contribution < -0.4 is 0 Å². The van der Waals surface area contributed by atoms with Crippen LogP contribution in [0, 0.1) is 17.8 Å². The van der Waals surface area contributed by atoms with E-state index >= 15 is 0 Å². The molecule has 27 heavy (non-hydrogen) atoms. The summed E-state index contributed by atoms with van der Waals surface area (Å²) < 4.78 is 0. The average Bonchev–Trinajstić information content (AvgIpc) is 2.67. The lowest BCUT2D eigenvalue weighted by molar-refractivity contribution is -0.142. The lowest BCUT2D eigenvalue weighted by Gasteiger charge is -2.28. The fraction of sp³-hybridized carbons (Fsp3) is 0.960. The van der Waals surface area contributed by atoms with E-state index in [0.29, 0.717) is 0 Å². The van der Waals surface area contributed by atoms with Gasteiger partial charge in [0.05, 0.1) is 5.92 Å². The van der Waals surface area contributed by atoms with E-state index in [0.717, 1.165) is 31.1 Å². The molecule has 160 valence electrons. The molecule has 2 heteroatoms. The Morgan fingerprint density at radius 1 is 0.778 bits per heavy atom. The molecule has 0 radical (unpaired) electrons. The molecule has 0 aromatic carbocycles. The first-order valence-corrected chi connectivity index (χ1v) is 12.4. The van der Waals surface area contributed by atoms with Crippen LogP contribution in [-0.4, -0.2) is 11.1 Å². The molecule has 0 aromatic heterocycles. The summed E-state index contributed by atoms with van der Waals surface area (Å²) in [7, 11) is 0. The van der Waals surface area contributed by atoms with Gasteiger partial charge in [-0.05, 0) is 24.7 Å². The van der Waals surface area contributed by atoms with E-state index in [-0.39, 0.29) is 5.92 Å². The van der Waals surface area contributed by atoms with Gasteiger partial charge in [0.2, 0.25) is 0 Å². The zero-order valence-electron chi connectivity index (χ0n) is 18.5. The summed E-state index contributed by atoms with van der Waals surface area (Å²) >= 11 is 0. The van der Waals surface area contributed by atoms with E-state index in [1.807, 2.05) is 6.92 Å². The van der Waals surface area contributed by atoms with Crippen LogP contribution >= 0.6 is 0 Å². The molecule has 1 fully saturated rings. The van der Waals surface area contributed by atoms with Crippen molar-refractivity contribution in [1.29, 1.82) is 0 Å². The van der Waals surface area contributed by atoms with E-state index in [9.17, 15) is 4.79 Å². The minimum Gasteiger partial charge on any atom is -0.481 e. The second kappa shape index (κ2) is 16.4. The first-order chi connectivity index (χ1) is 13.2. The second-order valence-corrected chi connectivity index (χ2v) is 9.15. The van der Waals surface area contributed by atoms with E-state index in [1.54, 1.807) is 0 Å². The normalized spacial score (nSPS) is 19.5. The summed E-state index contributed by atoms with van der Waals surface area (Å²) in [6.07, 6.45) is 25.4. The van der Waals surface area contributed by atoms with Crippen LogP contribution in [0.5, 0.6) is 0 Å². The first-order valence-electron chi connectivity index (χ1n) is 12.4. The molecule has 0 heterocycles. The van der Waals surface area contributed by atoms with Crippen LogP contribution in [0.15, 0.2) is 0 Å². The molecule has 0 bridgehead atoms. The van der Waals surface area contributed by atoms with Gasteiger partial charge in [-0.1, -0.05) is 123 Å².